The normalized spacial score (nSPS) is 16.0. The summed E-state index contributed by atoms with van der Waals surface area (Å²) in [6, 6.07) is 8.18. The number of nitrogens with one attached hydrogen (secondary N) is 1. The van der Waals surface area contributed by atoms with Crippen molar-refractivity contribution in [1.29, 1.82) is 0 Å². The van der Waals surface area contributed by atoms with Crippen LogP contribution in [0.2, 0.25) is 0 Å². The van der Waals surface area contributed by atoms with E-state index in [1.807, 2.05) is 19.1 Å². The number of hydrogen-bond acceptors (Lipinski definition) is 5. The summed E-state index contributed by atoms with van der Waals surface area (Å²) in [5.74, 6) is 0.661. The van der Waals surface area contributed by atoms with Crippen molar-refractivity contribution in [1.82, 2.24) is 0 Å². The van der Waals surface area contributed by atoms with Crippen LogP contribution in [-0.2, 0) is 20.0 Å². The second-order valence-corrected chi connectivity index (χ2v) is 11.3. The zero-order chi connectivity index (χ0) is 22.3. The van der Waals surface area contributed by atoms with E-state index in [1.54, 1.807) is 19.9 Å². The molecule has 0 spiro atoms. The molecule has 1 heterocycles. The van der Waals surface area contributed by atoms with E-state index in [0.29, 0.717) is 22.7 Å². The van der Waals surface area contributed by atoms with Gasteiger partial charge >= 0.3 is 0 Å². The van der Waals surface area contributed by atoms with Crippen molar-refractivity contribution in [2.75, 3.05) is 22.7 Å². The van der Waals surface area contributed by atoms with Crippen molar-refractivity contribution in [3.8, 4) is 0 Å². The SMILES string of the molecule is Cc1ccc(NS(=O)(=O)c2ccc(S(N)(=O)=O)c(C)c2C)c(N2CCC(C)CC2)c1. The average Bonchev–Trinajstić information content (AvgIpc) is 2.64. The second-order valence-electron chi connectivity index (χ2n) is 8.15. The highest BCUT2D eigenvalue weighted by molar-refractivity contribution is 7.92. The van der Waals surface area contributed by atoms with Gasteiger partial charge in [-0.2, -0.15) is 0 Å². The number of rotatable bonds is 5. The van der Waals surface area contributed by atoms with Crippen LogP contribution in [0.5, 0.6) is 0 Å². The Morgan fingerprint density at radius 1 is 0.933 bits per heavy atom. The number of hydrogen-bond donors (Lipinski definition) is 2. The Morgan fingerprint density at radius 3 is 2.10 bits per heavy atom. The first kappa shape index (κ1) is 22.6. The number of benzene rings is 2. The number of anilines is 2. The third-order valence-corrected chi connectivity index (χ3v) is 8.37. The molecule has 0 aromatic heterocycles. The number of primary sulfonamides is 1. The van der Waals surface area contributed by atoms with Gasteiger partial charge in [-0.1, -0.05) is 13.0 Å². The predicted octanol–water partition coefficient (Wildman–Crippen LogP) is 3.30. The number of nitrogens with zero attached hydrogens (tertiary/aromatic N) is 1. The summed E-state index contributed by atoms with van der Waals surface area (Å²) >= 11 is 0. The molecule has 1 saturated heterocycles. The lowest BCUT2D eigenvalue weighted by Crippen LogP contribution is -2.33. The maximum absolute atomic E-state index is 13.2. The Labute approximate surface area is 179 Å². The maximum Gasteiger partial charge on any atom is 0.262 e. The zero-order valence-electron chi connectivity index (χ0n) is 17.8. The van der Waals surface area contributed by atoms with Gasteiger partial charge in [0.25, 0.3) is 10.0 Å². The van der Waals surface area contributed by atoms with Crippen LogP contribution in [0.15, 0.2) is 40.1 Å². The highest BCUT2D eigenvalue weighted by atomic mass is 32.2. The Hall–Kier alpha value is -2.10. The molecule has 1 aliphatic rings. The summed E-state index contributed by atoms with van der Waals surface area (Å²) in [7, 11) is -7.86. The summed E-state index contributed by atoms with van der Waals surface area (Å²) in [6.45, 7) is 9.10. The molecule has 0 unspecified atom stereocenters. The van der Waals surface area contributed by atoms with Crippen LogP contribution < -0.4 is 14.8 Å². The van der Waals surface area contributed by atoms with Crippen LogP contribution in [0.4, 0.5) is 11.4 Å². The molecule has 30 heavy (non-hydrogen) atoms. The summed E-state index contributed by atoms with van der Waals surface area (Å²) < 4.78 is 52.6. The minimum Gasteiger partial charge on any atom is -0.370 e. The van der Waals surface area contributed by atoms with Gasteiger partial charge in [-0.15, -0.1) is 0 Å². The van der Waals surface area contributed by atoms with Crippen LogP contribution in [0.25, 0.3) is 0 Å². The Balaban J connectivity index is 2.00. The quantitative estimate of drug-likeness (QED) is 0.725. The largest absolute Gasteiger partial charge is 0.370 e. The summed E-state index contributed by atoms with van der Waals surface area (Å²) in [5.41, 5.74) is 3.11. The van der Waals surface area contributed by atoms with Gasteiger partial charge in [-0.25, -0.2) is 22.0 Å². The van der Waals surface area contributed by atoms with Crippen molar-refractivity contribution in [2.45, 2.75) is 50.3 Å². The number of nitrogens with two attached hydrogens (primary N) is 1. The van der Waals surface area contributed by atoms with Crippen molar-refractivity contribution in [3.63, 3.8) is 0 Å². The monoisotopic (exact) mass is 451 g/mol. The highest BCUT2D eigenvalue weighted by Crippen LogP contribution is 2.33. The van der Waals surface area contributed by atoms with Crippen molar-refractivity contribution < 1.29 is 16.8 Å². The van der Waals surface area contributed by atoms with Gasteiger partial charge in [-0.05, 0) is 80.5 Å². The average molecular weight is 452 g/mol. The van der Waals surface area contributed by atoms with E-state index in [9.17, 15) is 16.8 Å². The van der Waals surface area contributed by atoms with E-state index in [0.717, 1.165) is 37.2 Å². The van der Waals surface area contributed by atoms with E-state index in [2.05, 4.69) is 16.5 Å². The third kappa shape index (κ3) is 4.63. The molecular weight excluding hydrogens is 422 g/mol. The highest BCUT2D eigenvalue weighted by Gasteiger charge is 2.25. The second kappa shape index (κ2) is 8.20. The fraction of sp³-hybridized carbons (Fsp3) is 0.429. The van der Waals surface area contributed by atoms with Gasteiger partial charge in [0.1, 0.15) is 0 Å². The molecule has 1 fully saturated rings. The fourth-order valence-electron chi connectivity index (χ4n) is 3.81. The smallest absolute Gasteiger partial charge is 0.262 e. The van der Waals surface area contributed by atoms with E-state index >= 15 is 0 Å². The molecule has 0 aliphatic carbocycles. The van der Waals surface area contributed by atoms with Gasteiger partial charge in [0, 0.05) is 13.1 Å². The number of piperidine rings is 1. The minimum absolute atomic E-state index is 0.0335. The van der Waals surface area contributed by atoms with E-state index in [4.69, 9.17) is 5.14 Å². The van der Waals surface area contributed by atoms with Gasteiger partial charge < -0.3 is 4.90 Å². The molecular formula is C21H29N3O4S2. The first-order chi connectivity index (χ1) is 13.9. The van der Waals surface area contributed by atoms with Crippen LogP contribution in [0.3, 0.4) is 0 Å². The van der Waals surface area contributed by atoms with Gasteiger partial charge in [-0.3, -0.25) is 4.72 Å². The lowest BCUT2D eigenvalue weighted by molar-refractivity contribution is 0.438. The molecule has 9 heteroatoms. The Kier molecular flexibility index (Phi) is 6.18. The predicted molar refractivity (Wildman–Crippen MR) is 120 cm³/mol. The Bertz CT molecular complexity index is 1170. The molecule has 2 aromatic carbocycles. The minimum atomic E-state index is -3.93. The third-order valence-electron chi connectivity index (χ3n) is 5.81. The molecule has 3 rings (SSSR count). The number of aryl methyl sites for hydroxylation is 1. The molecule has 3 N–H and O–H groups in total. The maximum atomic E-state index is 13.2. The van der Waals surface area contributed by atoms with Crippen molar-refractivity contribution in [2.24, 2.45) is 11.1 Å². The van der Waals surface area contributed by atoms with Gasteiger partial charge in [0.2, 0.25) is 10.0 Å². The van der Waals surface area contributed by atoms with Crippen LogP contribution in [-0.4, -0.2) is 29.9 Å². The zero-order valence-corrected chi connectivity index (χ0v) is 19.4. The lowest BCUT2D eigenvalue weighted by Gasteiger charge is -2.33. The fourth-order valence-corrected chi connectivity index (χ4v) is 6.02. The van der Waals surface area contributed by atoms with Gasteiger partial charge in [0.15, 0.2) is 0 Å². The van der Waals surface area contributed by atoms with Crippen LogP contribution in [0, 0.1) is 26.7 Å². The molecule has 0 bridgehead atoms. The molecule has 0 atom stereocenters. The topological polar surface area (TPSA) is 110 Å². The molecule has 0 radical (unpaired) electrons. The lowest BCUT2D eigenvalue weighted by atomic mass is 9.98. The summed E-state index contributed by atoms with van der Waals surface area (Å²) in [5, 5.41) is 5.24. The number of sulfonamides is 2. The molecule has 1 aliphatic heterocycles. The van der Waals surface area contributed by atoms with Crippen molar-refractivity contribution >= 4 is 31.4 Å². The summed E-state index contributed by atoms with van der Waals surface area (Å²) in [4.78, 5) is 2.18. The van der Waals surface area contributed by atoms with Crippen molar-refractivity contribution in [3.05, 3.63) is 47.0 Å². The molecule has 0 amide bonds. The van der Waals surface area contributed by atoms with E-state index in [1.165, 1.54) is 12.1 Å². The molecule has 7 nitrogen and oxygen atoms in total. The van der Waals surface area contributed by atoms with Crippen LogP contribution >= 0.6 is 0 Å². The van der Waals surface area contributed by atoms with E-state index in [-0.39, 0.29) is 9.79 Å². The molecule has 164 valence electrons. The summed E-state index contributed by atoms with van der Waals surface area (Å²) in [6.07, 6.45) is 2.13. The van der Waals surface area contributed by atoms with E-state index < -0.39 is 20.0 Å². The standard InChI is InChI=1S/C21H29N3O4S2/c1-14-9-11-24(12-10-14)19-13-15(2)5-6-18(19)23-30(27,28)21-8-7-20(29(22,25)26)16(3)17(21)4/h5-8,13-14,23H,9-12H2,1-4H3,(H2,22,25,26). The molecule has 2 aromatic rings. The Morgan fingerprint density at radius 2 is 1.50 bits per heavy atom. The first-order valence-corrected chi connectivity index (χ1v) is 12.9. The van der Waals surface area contributed by atoms with Crippen LogP contribution in [0.1, 0.15) is 36.5 Å². The molecule has 0 saturated carbocycles. The first-order valence-electron chi connectivity index (χ1n) is 9.91. The van der Waals surface area contributed by atoms with Gasteiger partial charge in [0.05, 0.1) is 21.2 Å².